The second kappa shape index (κ2) is 7.41. The molecule has 2 heterocycles. The van der Waals surface area contributed by atoms with E-state index >= 15 is 0 Å². The Labute approximate surface area is 169 Å². The van der Waals surface area contributed by atoms with Crippen molar-refractivity contribution in [3.63, 3.8) is 0 Å². The fourth-order valence-electron chi connectivity index (χ4n) is 2.73. The minimum absolute atomic E-state index is 0.0579. The highest BCUT2D eigenvalue weighted by Crippen LogP contribution is 2.32. The number of hydrogen-bond donors (Lipinski definition) is 2. The van der Waals surface area contributed by atoms with Crippen molar-refractivity contribution in [1.29, 1.82) is 0 Å². The van der Waals surface area contributed by atoms with E-state index in [1.165, 1.54) is 12.1 Å². The summed E-state index contributed by atoms with van der Waals surface area (Å²) >= 11 is 6.33. The molecule has 1 fully saturated rings. The molecule has 6 nitrogen and oxygen atoms in total. The number of aromatic hydroxyl groups is 1. The molecule has 2 aromatic carbocycles. The van der Waals surface area contributed by atoms with Crippen LogP contribution in [0.15, 0.2) is 65.7 Å². The minimum atomic E-state index is -0.618. The van der Waals surface area contributed by atoms with Crippen molar-refractivity contribution in [2.45, 2.75) is 0 Å². The molecule has 2 amide bonds. The summed E-state index contributed by atoms with van der Waals surface area (Å²) in [7, 11) is 0. The predicted molar refractivity (Wildman–Crippen MR) is 112 cm³/mol. The zero-order valence-electron chi connectivity index (χ0n) is 14.3. The molecule has 0 spiro atoms. The van der Waals surface area contributed by atoms with Gasteiger partial charge in [0.15, 0.2) is 4.32 Å². The van der Waals surface area contributed by atoms with Gasteiger partial charge in [-0.2, -0.15) is 5.01 Å². The van der Waals surface area contributed by atoms with Gasteiger partial charge in [0, 0.05) is 11.6 Å². The number of carbonyl (C=O) groups is 2. The Hall–Kier alpha value is -3.23. The van der Waals surface area contributed by atoms with Crippen LogP contribution in [0.25, 0.3) is 17.0 Å². The molecule has 0 atom stereocenters. The second-order valence-electron chi connectivity index (χ2n) is 5.93. The maximum Gasteiger partial charge on any atom is 0.285 e. The molecule has 1 saturated heterocycles. The monoisotopic (exact) mass is 407 g/mol. The topological polar surface area (TPSA) is 82.5 Å². The standard InChI is InChI=1S/C20H13N3O3S2/c24-16-6-2-1-5-14(16)18(25)22-23-19(26)17(28-20(23)27)11-12-7-8-15-13(10-12)4-3-9-21-15/h1-11,24H,(H,22,25)/b17-11+. The molecule has 4 rings (SSSR count). The third kappa shape index (κ3) is 3.47. The Morgan fingerprint density at radius 3 is 2.82 bits per heavy atom. The third-order valence-electron chi connectivity index (χ3n) is 4.08. The fourth-order valence-corrected chi connectivity index (χ4v) is 3.91. The summed E-state index contributed by atoms with van der Waals surface area (Å²) in [5.74, 6) is -1.22. The van der Waals surface area contributed by atoms with Crippen LogP contribution in [-0.2, 0) is 4.79 Å². The highest BCUT2D eigenvalue weighted by Gasteiger charge is 2.34. The number of nitrogens with zero attached hydrogens (tertiary/aromatic N) is 2. The number of rotatable bonds is 3. The average molecular weight is 407 g/mol. The number of para-hydroxylation sites is 1. The van der Waals surface area contributed by atoms with Gasteiger partial charge >= 0.3 is 0 Å². The van der Waals surface area contributed by atoms with Crippen molar-refractivity contribution in [3.05, 3.63) is 76.8 Å². The summed E-state index contributed by atoms with van der Waals surface area (Å²) in [6.07, 6.45) is 3.44. The molecule has 28 heavy (non-hydrogen) atoms. The highest BCUT2D eigenvalue weighted by molar-refractivity contribution is 8.26. The molecule has 0 radical (unpaired) electrons. The number of phenolic OH excluding ortho intramolecular Hbond substituents is 1. The van der Waals surface area contributed by atoms with Gasteiger partial charge in [0.1, 0.15) is 5.75 Å². The first kappa shape index (κ1) is 18.1. The fraction of sp³-hybridized carbons (Fsp3) is 0. The van der Waals surface area contributed by atoms with E-state index in [2.05, 4.69) is 10.4 Å². The van der Waals surface area contributed by atoms with E-state index in [9.17, 15) is 14.7 Å². The summed E-state index contributed by atoms with van der Waals surface area (Å²) < 4.78 is 0.211. The molecule has 0 saturated carbocycles. The number of thiocarbonyl (C=S) groups is 1. The molecular formula is C20H13N3O3S2. The lowest BCUT2D eigenvalue weighted by Gasteiger charge is -2.16. The molecule has 1 aromatic heterocycles. The smallest absolute Gasteiger partial charge is 0.285 e. The number of phenols is 1. The predicted octanol–water partition coefficient (Wildman–Crippen LogP) is 3.49. The molecule has 8 heteroatoms. The van der Waals surface area contributed by atoms with E-state index in [-0.39, 0.29) is 15.6 Å². The van der Waals surface area contributed by atoms with Crippen molar-refractivity contribution in [2.24, 2.45) is 0 Å². The lowest BCUT2D eigenvalue weighted by molar-refractivity contribution is -0.123. The number of fused-ring (bicyclic) bond motifs is 1. The molecule has 3 aromatic rings. The maximum atomic E-state index is 12.7. The number of hydrogen-bond acceptors (Lipinski definition) is 6. The van der Waals surface area contributed by atoms with E-state index in [0.29, 0.717) is 4.91 Å². The number of hydrazine groups is 1. The summed E-state index contributed by atoms with van der Waals surface area (Å²) in [6.45, 7) is 0. The van der Waals surface area contributed by atoms with Gasteiger partial charge in [0.2, 0.25) is 0 Å². The molecule has 1 aliphatic heterocycles. The molecule has 0 bridgehead atoms. The van der Waals surface area contributed by atoms with Gasteiger partial charge in [-0.25, -0.2) is 0 Å². The van der Waals surface area contributed by atoms with Gasteiger partial charge in [-0.3, -0.25) is 20.0 Å². The van der Waals surface area contributed by atoms with Crippen molar-refractivity contribution < 1.29 is 14.7 Å². The van der Waals surface area contributed by atoms with Crippen LogP contribution in [0.4, 0.5) is 0 Å². The van der Waals surface area contributed by atoms with Gasteiger partial charge < -0.3 is 5.11 Å². The molecule has 2 N–H and O–H groups in total. The van der Waals surface area contributed by atoms with E-state index in [0.717, 1.165) is 33.2 Å². The number of pyridine rings is 1. The zero-order chi connectivity index (χ0) is 19.7. The largest absolute Gasteiger partial charge is 0.507 e. The number of carbonyl (C=O) groups excluding carboxylic acids is 2. The number of thioether (sulfide) groups is 1. The minimum Gasteiger partial charge on any atom is -0.507 e. The van der Waals surface area contributed by atoms with Crippen LogP contribution in [0.5, 0.6) is 5.75 Å². The number of nitrogens with one attached hydrogen (secondary N) is 1. The summed E-state index contributed by atoms with van der Waals surface area (Å²) in [4.78, 5) is 29.7. The highest BCUT2D eigenvalue weighted by atomic mass is 32.2. The van der Waals surface area contributed by atoms with Crippen LogP contribution < -0.4 is 5.43 Å². The van der Waals surface area contributed by atoms with Crippen molar-refractivity contribution in [1.82, 2.24) is 15.4 Å². The van der Waals surface area contributed by atoms with Crippen molar-refractivity contribution in [2.75, 3.05) is 0 Å². The average Bonchev–Trinajstić information content (AvgIpc) is 2.95. The summed E-state index contributed by atoms with van der Waals surface area (Å²) in [6, 6.07) is 15.5. The van der Waals surface area contributed by atoms with E-state index < -0.39 is 11.8 Å². The lowest BCUT2D eigenvalue weighted by atomic mass is 10.1. The maximum absolute atomic E-state index is 12.7. The van der Waals surface area contributed by atoms with E-state index in [1.807, 2.05) is 30.3 Å². The van der Waals surface area contributed by atoms with Gasteiger partial charge in [-0.1, -0.05) is 36.0 Å². The van der Waals surface area contributed by atoms with Gasteiger partial charge in [0.25, 0.3) is 11.8 Å². The Bertz CT molecular complexity index is 1160. The van der Waals surface area contributed by atoms with Crippen molar-refractivity contribution >= 4 is 57.1 Å². The summed E-state index contributed by atoms with van der Waals surface area (Å²) in [5.41, 5.74) is 4.20. The third-order valence-corrected chi connectivity index (χ3v) is 5.38. The van der Waals surface area contributed by atoms with Gasteiger partial charge in [0.05, 0.1) is 16.0 Å². The molecular weight excluding hydrogens is 394 g/mol. The second-order valence-corrected chi connectivity index (χ2v) is 7.61. The zero-order valence-corrected chi connectivity index (χ0v) is 16.0. The van der Waals surface area contributed by atoms with Crippen LogP contribution in [0.3, 0.4) is 0 Å². The van der Waals surface area contributed by atoms with E-state index in [1.54, 1.807) is 24.4 Å². The number of amides is 2. The van der Waals surface area contributed by atoms with Crippen LogP contribution in [0.1, 0.15) is 15.9 Å². The summed E-state index contributed by atoms with van der Waals surface area (Å²) in [5, 5.41) is 11.8. The van der Waals surface area contributed by atoms with Crippen LogP contribution >= 0.6 is 24.0 Å². The van der Waals surface area contributed by atoms with Gasteiger partial charge in [-0.15, -0.1) is 0 Å². The SMILES string of the molecule is O=C(NN1C(=O)/C(=C\c2ccc3ncccc3c2)SC1=S)c1ccccc1O. The molecule has 138 valence electrons. The Morgan fingerprint density at radius 2 is 2.00 bits per heavy atom. The normalized spacial score (nSPS) is 15.4. The number of aromatic nitrogens is 1. The van der Waals surface area contributed by atoms with Crippen molar-refractivity contribution in [3.8, 4) is 5.75 Å². The Morgan fingerprint density at radius 1 is 1.18 bits per heavy atom. The molecule has 1 aliphatic rings. The Balaban J connectivity index is 1.57. The Kier molecular flexibility index (Phi) is 4.81. The first-order valence-corrected chi connectivity index (χ1v) is 9.47. The molecule has 0 unspecified atom stereocenters. The van der Waals surface area contributed by atoms with E-state index in [4.69, 9.17) is 12.2 Å². The first-order valence-electron chi connectivity index (χ1n) is 8.24. The molecule has 0 aliphatic carbocycles. The van der Waals surface area contributed by atoms with Crippen LogP contribution in [0, 0.1) is 0 Å². The number of benzene rings is 2. The van der Waals surface area contributed by atoms with Gasteiger partial charge in [-0.05, 0) is 54.2 Å². The van der Waals surface area contributed by atoms with Crippen LogP contribution in [-0.4, -0.2) is 31.2 Å². The lowest BCUT2D eigenvalue weighted by Crippen LogP contribution is -2.44. The quantitative estimate of drug-likeness (QED) is 0.511. The first-order chi connectivity index (χ1) is 13.5. The van der Waals surface area contributed by atoms with Crippen LogP contribution in [0.2, 0.25) is 0 Å².